The van der Waals surface area contributed by atoms with Gasteiger partial charge in [-0.05, 0) is 80.0 Å². The van der Waals surface area contributed by atoms with E-state index in [0.717, 1.165) is 48.9 Å². The van der Waals surface area contributed by atoms with Crippen molar-refractivity contribution in [1.82, 2.24) is 10.0 Å². The first kappa shape index (κ1) is 21.6. The molecule has 2 aromatic carbocycles. The summed E-state index contributed by atoms with van der Waals surface area (Å²) in [5.74, 6) is -0.254. The number of benzene rings is 2. The summed E-state index contributed by atoms with van der Waals surface area (Å²) >= 11 is 0. The van der Waals surface area contributed by atoms with Gasteiger partial charge in [0.1, 0.15) is 0 Å². The van der Waals surface area contributed by atoms with Gasteiger partial charge < -0.3 is 11.1 Å². The van der Waals surface area contributed by atoms with Crippen LogP contribution in [0.5, 0.6) is 0 Å². The molecule has 1 saturated carbocycles. The summed E-state index contributed by atoms with van der Waals surface area (Å²) in [6, 6.07) is 10.4. The first-order valence-corrected chi connectivity index (χ1v) is 11.1. The van der Waals surface area contributed by atoms with E-state index in [1.54, 1.807) is 12.1 Å². The number of rotatable bonds is 5. The average Bonchev–Trinajstić information content (AvgIpc) is 3.45. The van der Waals surface area contributed by atoms with E-state index in [2.05, 4.69) is 10.0 Å². The van der Waals surface area contributed by atoms with Gasteiger partial charge in [0.05, 0.1) is 10.9 Å². The Hall–Kier alpha value is -2.09. The van der Waals surface area contributed by atoms with Crippen LogP contribution in [0.25, 0.3) is 0 Å². The molecule has 0 saturated heterocycles. The second-order valence-electron chi connectivity index (χ2n) is 7.75. The molecule has 2 aromatic rings. The molecular weight excluding hydrogens is 410 g/mol. The molecule has 0 spiro atoms. The van der Waals surface area contributed by atoms with Gasteiger partial charge in [0, 0.05) is 17.3 Å². The van der Waals surface area contributed by atoms with E-state index in [1.807, 2.05) is 25.1 Å². The zero-order chi connectivity index (χ0) is 19.9. The van der Waals surface area contributed by atoms with Crippen LogP contribution in [0.2, 0.25) is 0 Å². The molecule has 4 N–H and O–H groups in total. The minimum Gasteiger partial charge on any atom is -0.399 e. The van der Waals surface area contributed by atoms with Crippen molar-refractivity contribution in [1.29, 1.82) is 0 Å². The number of sulfonamides is 1. The molecule has 2 aliphatic rings. The number of fused-ring (bicyclic) bond motifs is 1. The highest BCUT2D eigenvalue weighted by Gasteiger charge is 2.29. The van der Waals surface area contributed by atoms with Crippen molar-refractivity contribution < 1.29 is 13.2 Å². The third-order valence-electron chi connectivity index (χ3n) is 5.45. The van der Waals surface area contributed by atoms with Crippen molar-refractivity contribution in [3.8, 4) is 0 Å². The fraction of sp³-hybridized carbons (Fsp3) is 0.381. The van der Waals surface area contributed by atoms with Crippen LogP contribution in [0.1, 0.15) is 58.8 Å². The Bertz CT molecular complexity index is 1040. The van der Waals surface area contributed by atoms with E-state index < -0.39 is 10.0 Å². The molecule has 8 heteroatoms. The molecule has 0 heterocycles. The Balaban J connectivity index is 0.00000240. The molecule has 0 aromatic heterocycles. The predicted molar refractivity (Wildman–Crippen MR) is 116 cm³/mol. The number of nitrogens with one attached hydrogen (secondary N) is 2. The standard InChI is InChI=1S/C21H25N3O3S.ClH/c1-13-5-9-17(28(26,27)24-16-7-8-16)12-19(13)21(25)23-20-4-2-3-14-11-15(22)6-10-18(14)20;/h5-6,9-12,16,20,24H,2-4,7-8,22H2,1H3,(H,23,25);1H. The van der Waals surface area contributed by atoms with Crippen LogP contribution < -0.4 is 15.8 Å². The topological polar surface area (TPSA) is 101 Å². The second-order valence-corrected chi connectivity index (χ2v) is 9.46. The Morgan fingerprint density at radius 1 is 1.10 bits per heavy atom. The molecule has 6 nitrogen and oxygen atoms in total. The van der Waals surface area contributed by atoms with Crippen molar-refractivity contribution >= 4 is 34.0 Å². The quantitative estimate of drug-likeness (QED) is 0.627. The molecule has 4 rings (SSSR count). The maximum atomic E-state index is 13.0. The number of carbonyl (C=O) groups excluding carboxylic acids is 1. The van der Waals surface area contributed by atoms with Crippen LogP contribution in [0.15, 0.2) is 41.3 Å². The number of hydrogen-bond donors (Lipinski definition) is 3. The van der Waals surface area contributed by atoms with E-state index in [1.165, 1.54) is 11.6 Å². The van der Waals surface area contributed by atoms with Crippen molar-refractivity contribution in [2.75, 3.05) is 5.73 Å². The monoisotopic (exact) mass is 435 g/mol. The molecule has 1 amide bonds. The van der Waals surface area contributed by atoms with Crippen LogP contribution in [0.4, 0.5) is 5.69 Å². The van der Waals surface area contributed by atoms with Gasteiger partial charge in [-0.1, -0.05) is 12.1 Å². The maximum absolute atomic E-state index is 13.0. The summed E-state index contributed by atoms with van der Waals surface area (Å²) in [5, 5.41) is 3.09. The van der Waals surface area contributed by atoms with Crippen LogP contribution in [0, 0.1) is 6.92 Å². The summed E-state index contributed by atoms with van der Waals surface area (Å²) in [5.41, 5.74) is 10.0. The number of carbonyl (C=O) groups is 1. The summed E-state index contributed by atoms with van der Waals surface area (Å²) in [4.78, 5) is 13.1. The fourth-order valence-electron chi connectivity index (χ4n) is 3.72. The number of nitrogens with two attached hydrogens (primary N) is 1. The smallest absolute Gasteiger partial charge is 0.252 e. The summed E-state index contributed by atoms with van der Waals surface area (Å²) < 4.78 is 27.7. The molecule has 29 heavy (non-hydrogen) atoms. The van der Waals surface area contributed by atoms with Gasteiger partial charge in [-0.25, -0.2) is 13.1 Å². The summed E-state index contributed by atoms with van der Waals surface area (Å²) in [6.45, 7) is 1.81. The molecule has 2 aliphatic carbocycles. The fourth-order valence-corrected chi connectivity index (χ4v) is 5.05. The minimum atomic E-state index is -3.60. The lowest BCUT2D eigenvalue weighted by Gasteiger charge is -2.27. The normalized spacial score (nSPS) is 18.4. The molecule has 1 fully saturated rings. The van der Waals surface area contributed by atoms with Crippen molar-refractivity contribution in [3.63, 3.8) is 0 Å². The molecule has 0 radical (unpaired) electrons. The average molecular weight is 436 g/mol. The highest BCUT2D eigenvalue weighted by molar-refractivity contribution is 7.89. The third kappa shape index (κ3) is 4.74. The lowest BCUT2D eigenvalue weighted by molar-refractivity contribution is 0.0932. The molecule has 1 unspecified atom stereocenters. The van der Waals surface area contributed by atoms with Gasteiger partial charge in [0.15, 0.2) is 0 Å². The van der Waals surface area contributed by atoms with Gasteiger partial charge in [-0.15, -0.1) is 12.4 Å². The van der Waals surface area contributed by atoms with Crippen molar-refractivity contribution in [3.05, 3.63) is 58.7 Å². The lowest BCUT2D eigenvalue weighted by atomic mass is 9.87. The first-order valence-electron chi connectivity index (χ1n) is 9.65. The zero-order valence-corrected chi connectivity index (χ0v) is 17.9. The number of hydrogen-bond acceptors (Lipinski definition) is 4. The number of anilines is 1. The van der Waals surface area contributed by atoms with Crippen LogP contribution in [-0.4, -0.2) is 20.4 Å². The van der Waals surface area contributed by atoms with Gasteiger partial charge in [0.2, 0.25) is 10.0 Å². The van der Waals surface area contributed by atoms with Crippen LogP contribution in [0.3, 0.4) is 0 Å². The van der Waals surface area contributed by atoms with Crippen LogP contribution in [-0.2, 0) is 16.4 Å². The first-order chi connectivity index (χ1) is 13.3. The summed E-state index contributed by atoms with van der Waals surface area (Å²) in [7, 11) is -3.60. The zero-order valence-electron chi connectivity index (χ0n) is 16.3. The largest absolute Gasteiger partial charge is 0.399 e. The molecule has 0 bridgehead atoms. The third-order valence-corrected chi connectivity index (χ3v) is 6.97. The van der Waals surface area contributed by atoms with Gasteiger partial charge in [0.25, 0.3) is 5.91 Å². The maximum Gasteiger partial charge on any atom is 0.252 e. The SMILES string of the molecule is Cc1ccc(S(=O)(=O)NC2CC2)cc1C(=O)NC1CCCc2cc(N)ccc21.Cl. The van der Waals surface area contributed by atoms with Crippen molar-refractivity contribution in [2.45, 2.75) is 56.0 Å². The Morgan fingerprint density at radius 2 is 1.86 bits per heavy atom. The van der Waals surface area contributed by atoms with E-state index >= 15 is 0 Å². The number of nitrogen functional groups attached to an aromatic ring is 1. The van der Waals surface area contributed by atoms with E-state index in [4.69, 9.17) is 5.73 Å². The Labute approximate surface area is 177 Å². The minimum absolute atomic E-state index is 0. The van der Waals surface area contributed by atoms with Gasteiger partial charge in [-0.2, -0.15) is 0 Å². The number of aryl methyl sites for hydroxylation is 2. The molecule has 0 aliphatic heterocycles. The van der Waals surface area contributed by atoms with Crippen molar-refractivity contribution in [2.24, 2.45) is 0 Å². The Morgan fingerprint density at radius 3 is 2.59 bits per heavy atom. The summed E-state index contributed by atoms with van der Waals surface area (Å²) in [6.07, 6.45) is 4.50. The second kappa shape index (κ2) is 8.34. The Kier molecular flexibility index (Phi) is 6.22. The molecular formula is C21H26ClN3O3S. The predicted octanol–water partition coefficient (Wildman–Crippen LogP) is 3.25. The van der Waals surface area contributed by atoms with E-state index in [0.29, 0.717) is 5.56 Å². The lowest BCUT2D eigenvalue weighted by Crippen LogP contribution is -2.32. The molecule has 156 valence electrons. The van der Waals surface area contributed by atoms with Crippen LogP contribution >= 0.6 is 12.4 Å². The number of amides is 1. The van der Waals surface area contributed by atoms with Gasteiger partial charge in [-0.3, -0.25) is 4.79 Å². The molecule has 1 atom stereocenters. The highest BCUT2D eigenvalue weighted by Crippen LogP contribution is 2.31. The van der Waals surface area contributed by atoms with E-state index in [-0.39, 0.29) is 35.3 Å². The van der Waals surface area contributed by atoms with Gasteiger partial charge >= 0.3 is 0 Å². The highest BCUT2D eigenvalue weighted by atomic mass is 35.5. The number of halogens is 1. The van der Waals surface area contributed by atoms with E-state index in [9.17, 15) is 13.2 Å².